The Hall–Kier alpha value is -2.97. The normalized spacial score (nSPS) is 17.9. The maximum Gasteiger partial charge on any atom is 0.293 e. The van der Waals surface area contributed by atoms with Crippen LogP contribution >= 0.6 is 0 Å². The standard InChI is InChI=1S/C19H24N6O3/c1-12(2)14-9-16(27-22-14)19(26)25-8-6-4-5-7-15(25)17-21-18(28-23-17)13-10-20-24(3)11-13/h9-12,15H,4-8H2,1-3H3/t15-/m1/s1. The van der Waals surface area contributed by atoms with Crippen LogP contribution in [0.15, 0.2) is 27.5 Å². The van der Waals surface area contributed by atoms with Crippen LogP contribution in [0.1, 0.15) is 73.6 Å². The average Bonchev–Trinajstić information content (AvgIpc) is 3.39. The van der Waals surface area contributed by atoms with Crippen LogP contribution in [-0.4, -0.2) is 42.4 Å². The molecule has 9 heteroatoms. The summed E-state index contributed by atoms with van der Waals surface area (Å²) in [5, 5.41) is 12.3. The number of carbonyl (C=O) groups is 1. The van der Waals surface area contributed by atoms with Gasteiger partial charge < -0.3 is 13.9 Å². The first-order chi connectivity index (χ1) is 13.5. The van der Waals surface area contributed by atoms with Crippen LogP contribution in [0.2, 0.25) is 0 Å². The highest BCUT2D eigenvalue weighted by Gasteiger charge is 2.33. The number of nitrogens with zero attached hydrogens (tertiary/aromatic N) is 6. The van der Waals surface area contributed by atoms with Gasteiger partial charge >= 0.3 is 0 Å². The van der Waals surface area contributed by atoms with E-state index in [1.54, 1.807) is 21.8 Å². The topological polar surface area (TPSA) is 103 Å². The van der Waals surface area contributed by atoms with Crippen LogP contribution in [0, 0.1) is 0 Å². The number of aryl methyl sites for hydroxylation is 1. The first-order valence-corrected chi connectivity index (χ1v) is 9.63. The Morgan fingerprint density at radius 2 is 2.07 bits per heavy atom. The minimum atomic E-state index is -0.253. The lowest BCUT2D eigenvalue weighted by Gasteiger charge is -2.26. The molecular weight excluding hydrogens is 360 g/mol. The van der Waals surface area contributed by atoms with Gasteiger partial charge in [-0.2, -0.15) is 10.1 Å². The van der Waals surface area contributed by atoms with E-state index in [1.807, 2.05) is 27.1 Å². The first-order valence-electron chi connectivity index (χ1n) is 9.63. The Morgan fingerprint density at radius 3 is 2.79 bits per heavy atom. The van der Waals surface area contributed by atoms with E-state index in [0.29, 0.717) is 18.3 Å². The molecule has 0 unspecified atom stereocenters. The summed E-state index contributed by atoms with van der Waals surface area (Å²) in [6.45, 7) is 4.65. The molecule has 1 aliphatic rings. The third-order valence-electron chi connectivity index (χ3n) is 5.04. The van der Waals surface area contributed by atoms with Crippen LogP contribution in [0.3, 0.4) is 0 Å². The van der Waals surface area contributed by atoms with Crippen molar-refractivity contribution in [1.82, 2.24) is 30.0 Å². The van der Waals surface area contributed by atoms with E-state index < -0.39 is 0 Å². The van der Waals surface area contributed by atoms with Gasteiger partial charge in [-0.1, -0.05) is 37.0 Å². The van der Waals surface area contributed by atoms with Crippen LogP contribution in [-0.2, 0) is 7.05 Å². The lowest BCUT2D eigenvalue weighted by atomic mass is 10.1. The number of likely N-dealkylation sites (tertiary alicyclic amines) is 1. The van der Waals surface area contributed by atoms with E-state index in [4.69, 9.17) is 9.05 Å². The van der Waals surface area contributed by atoms with Crippen molar-refractivity contribution in [3.05, 3.63) is 35.7 Å². The summed E-state index contributed by atoms with van der Waals surface area (Å²) in [7, 11) is 1.83. The van der Waals surface area contributed by atoms with E-state index >= 15 is 0 Å². The van der Waals surface area contributed by atoms with Crippen molar-refractivity contribution >= 4 is 5.91 Å². The van der Waals surface area contributed by atoms with Crippen molar-refractivity contribution in [3.63, 3.8) is 0 Å². The Kier molecular flexibility index (Phi) is 4.97. The number of hydrogen-bond acceptors (Lipinski definition) is 7. The number of aromatic nitrogens is 5. The molecule has 0 saturated carbocycles. The molecule has 1 amide bonds. The van der Waals surface area contributed by atoms with E-state index in [0.717, 1.165) is 36.9 Å². The smallest absolute Gasteiger partial charge is 0.293 e. The molecule has 4 rings (SSSR count). The zero-order valence-electron chi connectivity index (χ0n) is 16.3. The number of amides is 1. The van der Waals surface area contributed by atoms with Gasteiger partial charge in [0.05, 0.1) is 23.5 Å². The zero-order valence-corrected chi connectivity index (χ0v) is 16.3. The molecule has 0 bridgehead atoms. The first kappa shape index (κ1) is 18.4. The molecule has 1 atom stereocenters. The van der Waals surface area contributed by atoms with E-state index in [1.165, 1.54) is 0 Å². The molecule has 148 valence electrons. The Bertz CT molecular complexity index is 956. The molecule has 0 aliphatic carbocycles. The summed E-state index contributed by atoms with van der Waals surface area (Å²) in [6.07, 6.45) is 7.26. The lowest BCUT2D eigenvalue weighted by molar-refractivity contribution is 0.0627. The van der Waals surface area contributed by atoms with Crippen LogP contribution < -0.4 is 0 Å². The molecular formula is C19H24N6O3. The van der Waals surface area contributed by atoms with Crippen molar-refractivity contribution in [2.45, 2.75) is 51.5 Å². The van der Waals surface area contributed by atoms with Crippen molar-refractivity contribution < 1.29 is 13.8 Å². The quantitative estimate of drug-likeness (QED) is 0.679. The SMILES string of the molecule is CC(C)c1cc(C(=O)N2CCCCC[C@@H]2c2noc(-c3cnn(C)c3)n2)on1. The summed E-state index contributed by atoms with van der Waals surface area (Å²) < 4.78 is 12.4. The molecule has 0 radical (unpaired) electrons. The Labute approximate surface area is 162 Å². The Morgan fingerprint density at radius 1 is 1.21 bits per heavy atom. The largest absolute Gasteiger partial charge is 0.351 e. The van der Waals surface area contributed by atoms with Gasteiger partial charge in [-0.25, -0.2) is 0 Å². The number of rotatable bonds is 4. The fourth-order valence-electron chi connectivity index (χ4n) is 3.44. The van der Waals surface area contributed by atoms with Gasteiger partial charge in [-0.3, -0.25) is 9.48 Å². The molecule has 3 aromatic heterocycles. The third-order valence-corrected chi connectivity index (χ3v) is 5.04. The number of carbonyl (C=O) groups excluding carboxylic acids is 1. The van der Waals surface area contributed by atoms with E-state index in [-0.39, 0.29) is 23.6 Å². The van der Waals surface area contributed by atoms with Crippen molar-refractivity contribution in [2.24, 2.45) is 7.05 Å². The zero-order chi connectivity index (χ0) is 19.7. The monoisotopic (exact) mass is 384 g/mol. The minimum absolute atomic E-state index is 0.181. The van der Waals surface area contributed by atoms with Gasteiger partial charge in [0.25, 0.3) is 11.8 Å². The summed E-state index contributed by atoms with van der Waals surface area (Å²) >= 11 is 0. The summed E-state index contributed by atoms with van der Waals surface area (Å²) in [5.41, 5.74) is 1.53. The van der Waals surface area contributed by atoms with Gasteiger partial charge in [-0.15, -0.1) is 0 Å². The predicted molar refractivity (Wildman–Crippen MR) is 99.3 cm³/mol. The second kappa shape index (κ2) is 7.57. The third kappa shape index (κ3) is 3.56. The molecule has 4 heterocycles. The molecule has 28 heavy (non-hydrogen) atoms. The maximum absolute atomic E-state index is 13.1. The molecule has 0 N–H and O–H groups in total. The van der Waals surface area contributed by atoms with Crippen LogP contribution in [0.25, 0.3) is 11.5 Å². The highest BCUT2D eigenvalue weighted by molar-refractivity contribution is 5.91. The summed E-state index contributed by atoms with van der Waals surface area (Å²) in [5.74, 6) is 1.19. The highest BCUT2D eigenvalue weighted by Crippen LogP contribution is 2.31. The number of hydrogen-bond donors (Lipinski definition) is 0. The Balaban J connectivity index is 1.61. The molecule has 1 saturated heterocycles. The van der Waals surface area contributed by atoms with Crippen LogP contribution in [0.4, 0.5) is 0 Å². The molecule has 1 fully saturated rings. The molecule has 1 aliphatic heterocycles. The fraction of sp³-hybridized carbons (Fsp3) is 0.526. The van der Waals surface area contributed by atoms with E-state index in [2.05, 4.69) is 20.4 Å². The fourth-order valence-corrected chi connectivity index (χ4v) is 3.44. The summed E-state index contributed by atoms with van der Waals surface area (Å²) in [4.78, 5) is 19.5. The maximum atomic E-state index is 13.1. The van der Waals surface area contributed by atoms with Crippen molar-refractivity contribution in [1.29, 1.82) is 0 Å². The predicted octanol–water partition coefficient (Wildman–Crippen LogP) is 3.34. The van der Waals surface area contributed by atoms with Gasteiger partial charge in [0.1, 0.15) is 0 Å². The molecule has 0 spiro atoms. The second-order valence-corrected chi connectivity index (χ2v) is 7.49. The minimum Gasteiger partial charge on any atom is -0.351 e. The summed E-state index contributed by atoms with van der Waals surface area (Å²) in [6, 6.07) is 1.48. The lowest BCUT2D eigenvalue weighted by Crippen LogP contribution is -2.35. The highest BCUT2D eigenvalue weighted by atomic mass is 16.5. The molecule has 0 aromatic carbocycles. The average molecular weight is 384 g/mol. The van der Waals surface area contributed by atoms with Gasteiger partial charge in [-0.05, 0) is 18.8 Å². The van der Waals surface area contributed by atoms with Gasteiger partial charge in [0.2, 0.25) is 5.76 Å². The van der Waals surface area contributed by atoms with Crippen LogP contribution in [0.5, 0.6) is 0 Å². The van der Waals surface area contributed by atoms with Crippen molar-refractivity contribution in [3.8, 4) is 11.5 Å². The second-order valence-electron chi connectivity index (χ2n) is 7.49. The molecule has 3 aromatic rings. The van der Waals surface area contributed by atoms with Gasteiger partial charge in [0, 0.05) is 25.9 Å². The van der Waals surface area contributed by atoms with Crippen molar-refractivity contribution in [2.75, 3.05) is 6.54 Å². The van der Waals surface area contributed by atoms with E-state index in [9.17, 15) is 4.79 Å². The molecule has 9 nitrogen and oxygen atoms in total. The van der Waals surface area contributed by atoms with Gasteiger partial charge in [0.15, 0.2) is 5.82 Å².